The molecule has 0 aromatic carbocycles. The Kier molecular flexibility index (Phi) is 4.47. The molecule has 1 aromatic rings. The third-order valence-corrected chi connectivity index (χ3v) is 4.09. The summed E-state index contributed by atoms with van der Waals surface area (Å²) in [5, 5.41) is 16.9. The molecule has 1 aliphatic rings. The molecule has 0 spiro atoms. The fourth-order valence-corrected chi connectivity index (χ4v) is 2.42. The lowest BCUT2D eigenvalue weighted by Crippen LogP contribution is -2.48. The van der Waals surface area contributed by atoms with Crippen LogP contribution in [0.4, 0.5) is 5.69 Å². The fourth-order valence-electron chi connectivity index (χ4n) is 2.23. The Bertz CT molecular complexity index is 492. The van der Waals surface area contributed by atoms with Crippen LogP contribution in [0.3, 0.4) is 0 Å². The highest BCUT2D eigenvalue weighted by molar-refractivity contribution is 6.32. The molecule has 1 aromatic heterocycles. The standard InChI is InChI=1S/C13H20ClN3O2/c1-2-3-7-17-12(19)11(14)10(8-15-17)16-13(9-18)5-4-6-13/h8,16,18H,2-7,9H2,1H3. The van der Waals surface area contributed by atoms with Gasteiger partial charge in [0.05, 0.1) is 24.0 Å². The van der Waals surface area contributed by atoms with Gasteiger partial charge in [0.1, 0.15) is 5.02 Å². The topological polar surface area (TPSA) is 67.2 Å². The number of nitrogens with zero attached hydrogens (tertiary/aromatic N) is 2. The highest BCUT2D eigenvalue weighted by Crippen LogP contribution is 2.35. The van der Waals surface area contributed by atoms with Crippen molar-refractivity contribution in [1.82, 2.24) is 9.78 Å². The molecule has 0 radical (unpaired) electrons. The van der Waals surface area contributed by atoms with E-state index in [9.17, 15) is 9.90 Å². The second kappa shape index (κ2) is 5.92. The van der Waals surface area contributed by atoms with Crippen molar-refractivity contribution in [3.05, 3.63) is 21.6 Å². The first kappa shape index (κ1) is 14.3. The molecule has 1 heterocycles. The van der Waals surface area contributed by atoms with Crippen LogP contribution in [-0.4, -0.2) is 27.0 Å². The molecule has 6 heteroatoms. The van der Waals surface area contributed by atoms with E-state index in [0.29, 0.717) is 12.2 Å². The van der Waals surface area contributed by atoms with Crippen LogP contribution in [-0.2, 0) is 6.54 Å². The van der Waals surface area contributed by atoms with Gasteiger partial charge in [-0.15, -0.1) is 0 Å². The molecule has 0 unspecified atom stereocenters. The quantitative estimate of drug-likeness (QED) is 0.839. The largest absolute Gasteiger partial charge is 0.394 e. The zero-order valence-electron chi connectivity index (χ0n) is 11.2. The minimum absolute atomic E-state index is 0.0439. The molecule has 106 valence electrons. The lowest BCUT2D eigenvalue weighted by atomic mass is 9.77. The Morgan fingerprint density at radius 3 is 2.84 bits per heavy atom. The predicted molar refractivity (Wildman–Crippen MR) is 75.7 cm³/mol. The van der Waals surface area contributed by atoms with Gasteiger partial charge in [0.15, 0.2) is 0 Å². The summed E-state index contributed by atoms with van der Waals surface area (Å²) in [6, 6.07) is 0. The smallest absolute Gasteiger partial charge is 0.287 e. The molecule has 0 amide bonds. The molecule has 0 atom stereocenters. The highest BCUT2D eigenvalue weighted by Gasteiger charge is 2.36. The third kappa shape index (κ3) is 2.92. The molecular formula is C13H20ClN3O2. The van der Waals surface area contributed by atoms with Crippen molar-refractivity contribution >= 4 is 17.3 Å². The van der Waals surface area contributed by atoms with E-state index in [-0.39, 0.29) is 22.7 Å². The van der Waals surface area contributed by atoms with Crippen LogP contribution in [0.25, 0.3) is 0 Å². The number of aromatic nitrogens is 2. The van der Waals surface area contributed by atoms with E-state index in [1.54, 1.807) is 6.20 Å². The summed E-state index contributed by atoms with van der Waals surface area (Å²) < 4.78 is 1.39. The minimum Gasteiger partial charge on any atom is -0.394 e. The van der Waals surface area contributed by atoms with Gasteiger partial charge in [-0.2, -0.15) is 5.10 Å². The van der Waals surface area contributed by atoms with Gasteiger partial charge in [-0.25, -0.2) is 4.68 Å². The predicted octanol–water partition coefficient (Wildman–Crippen LogP) is 2.02. The third-order valence-electron chi connectivity index (χ3n) is 3.72. The maximum atomic E-state index is 12.0. The molecule has 0 saturated heterocycles. The summed E-state index contributed by atoms with van der Waals surface area (Å²) in [7, 11) is 0. The van der Waals surface area contributed by atoms with Gasteiger partial charge < -0.3 is 10.4 Å². The van der Waals surface area contributed by atoms with Crippen molar-refractivity contribution in [2.75, 3.05) is 11.9 Å². The maximum Gasteiger partial charge on any atom is 0.287 e. The minimum atomic E-state index is -0.326. The number of rotatable bonds is 6. The van der Waals surface area contributed by atoms with Gasteiger partial charge in [0.2, 0.25) is 0 Å². The molecule has 2 N–H and O–H groups in total. The van der Waals surface area contributed by atoms with Crippen molar-refractivity contribution < 1.29 is 5.11 Å². The summed E-state index contributed by atoms with van der Waals surface area (Å²) in [6.45, 7) is 2.69. The number of anilines is 1. The van der Waals surface area contributed by atoms with E-state index in [1.165, 1.54) is 4.68 Å². The Hall–Kier alpha value is -1.07. The second-order valence-corrected chi connectivity index (χ2v) is 5.55. The molecule has 0 bridgehead atoms. The zero-order valence-corrected chi connectivity index (χ0v) is 11.9. The molecule has 19 heavy (non-hydrogen) atoms. The van der Waals surface area contributed by atoms with E-state index < -0.39 is 0 Å². The number of aliphatic hydroxyl groups excluding tert-OH is 1. The van der Waals surface area contributed by atoms with Crippen molar-refractivity contribution in [3.8, 4) is 0 Å². The second-order valence-electron chi connectivity index (χ2n) is 5.17. The van der Waals surface area contributed by atoms with Crippen LogP contribution < -0.4 is 10.9 Å². The zero-order chi connectivity index (χ0) is 13.9. The van der Waals surface area contributed by atoms with Crippen LogP contribution >= 0.6 is 11.6 Å². The Balaban J connectivity index is 2.19. The normalized spacial score (nSPS) is 17.0. The van der Waals surface area contributed by atoms with E-state index >= 15 is 0 Å². The molecule has 1 aliphatic carbocycles. The molecule has 2 rings (SSSR count). The van der Waals surface area contributed by atoms with Gasteiger partial charge in [-0.05, 0) is 25.7 Å². The molecule has 5 nitrogen and oxygen atoms in total. The first-order valence-electron chi connectivity index (χ1n) is 6.76. The molecular weight excluding hydrogens is 266 g/mol. The number of hydrogen-bond donors (Lipinski definition) is 2. The summed E-state index contributed by atoms with van der Waals surface area (Å²) in [6.07, 6.45) is 6.33. The fraction of sp³-hybridized carbons (Fsp3) is 0.692. The van der Waals surface area contributed by atoms with Crippen molar-refractivity contribution in [2.45, 2.75) is 51.1 Å². The number of unbranched alkanes of at least 4 members (excludes halogenated alkanes) is 1. The highest BCUT2D eigenvalue weighted by atomic mass is 35.5. The monoisotopic (exact) mass is 285 g/mol. The molecule has 0 aliphatic heterocycles. The molecule has 1 saturated carbocycles. The first-order valence-corrected chi connectivity index (χ1v) is 7.14. The van der Waals surface area contributed by atoms with Crippen molar-refractivity contribution in [2.24, 2.45) is 0 Å². The van der Waals surface area contributed by atoms with Gasteiger partial charge in [-0.1, -0.05) is 24.9 Å². The van der Waals surface area contributed by atoms with Crippen LogP contribution in [0.2, 0.25) is 5.02 Å². The number of aliphatic hydroxyl groups is 1. The first-order chi connectivity index (χ1) is 9.12. The van der Waals surface area contributed by atoms with E-state index in [0.717, 1.165) is 32.1 Å². The summed E-state index contributed by atoms with van der Waals surface area (Å²) >= 11 is 6.10. The van der Waals surface area contributed by atoms with E-state index in [2.05, 4.69) is 17.3 Å². The number of aryl methyl sites for hydroxylation is 1. The van der Waals surface area contributed by atoms with Gasteiger partial charge in [-0.3, -0.25) is 4.79 Å². The maximum absolute atomic E-state index is 12.0. The van der Waals surface area contributed by atoms with Gasteiger partial charge >= 0.3 is 0 Å². The summed E-state index contributed by atoms with van der Waals surface area (Å²) in [5.41, 5.74) is -0.0754. The van der Waals surface area contributed by atoms with Gasteiger partial charge in [0.25, 0.3) is 5.56 Å². The van der Waals surface area contributed by atoms with E-state index in [1.807, 2.05) is 0 Å². The van der Waals surface area contributed by atoms with Crippen molar-refractivity contribution in [1.29, 1.82) is 0 Å². The Labute approximate surface area is 117 Å². The Morgan fingerprint density at radius 1 is 1.58 bits per heavy atom. The Morgan fingerprint density at radius 2 is 2.32 bits per heavy atom. The van der Waals surface area contributed by atoms with E-state index in [4.69, 9.17) is 11.6 Å². The lowest BCUT2D eigenvalue weighted by molar-refractivity contribution is 0.144. The number of hydrogen-bond acceptors (Lipinski definition) is 4. The van der Waals surface area contributed by atoms with Crippen LogP contribution in [0.15, 0.2) is 11.0 Å². The van der Waals surface area contributed by atoms with Crippen molar-refractivity contribution in [3.63, 3.8) is 0 Å². The number of halogens is 1. The SMILES string of the molecule is CCCCn1ncc(NC2(CO)CCC2)c(Cl)c1=O. The van der Waals surface area contributed by atoms with Gasteiger partial charge in [0, 0.05) is 6.54 Å². The average molecular weight is 286 g/mol. The van der Waals surface area contributed by atoms with Crippen LogP contribution in [0.5, 0.6) is 0 Å². The van der Waals surface area contributed by atoms with Crippen LogP contribution in [0.1, 0.15) is 39.0 Å². The average Bonchev–Trinajstić information content (AvgIpc) is 2.38. The lowest BCUT2D eigenvalue weighted by Gasteiger charge is -2.41. The van der Waals surface area contributed by atoms with Crippen LogP contribution in [0, 0.1) is 0 Å². The molecule has 1 fully saturated rings. The summed E-state index contributed by atoms with van der Waals surface area (Å²) in [5.74, 6) is 0. The summed E-state index contributed by atoms with van der Waals surface area (Å²) in [4.78, 5) is 12.0. The number of nitrogens with one attached hydrogen (secondary N) is 1.